The fourth-order valence-electron chi connectivity index (χ4n) is 2.24. The zero-order chi connectivity index (χ0) is 17.5. The summed E-state index contributed by atoms with van der Waals surface area (Å²) in [5.74, 6) is 0.0702. The summed E-state index contributed by atoms with van der Waals surface area (Å²) in [5, 5.41) is 0. The number of carbonyl (C=O) groups is 1. The van der Waals surface area contributed by atoms with Gasteiger partial charge >= 0.3 is 6.61 Å². The molecule has 4 nitrogen and oxygen atoms in total. The smallest absolute Gasteiger partial charge is 0.387 e. The number of halogens is 2. The molecule has 0 aromatic heterocycles. The summed E-state index contributed by atoms with van der Waals surface area (Å²) in [7, 11) is 3.57. The van der Waals surface area contributed by atoms with Gasteiger partial charge in [-0.05, 0) is 29.8 Å². The lowest BCUT2D eigenvalue weighted by atomic mass is 10.2. The van der Waals surface area contributed by atoms with Gasteiger partial charge in [0.05, 0.1) is 6.54 Å². The molecule has 0 radical (unpaired) electrons. The molecule has 0 heterocycles. The fourth-order valence-corrected chi connectivity index (χ4v) is 2.24. The third kappa shape index (κ3) is 5.22. The van der Waals surface area contributed by atoms with Crippen LogP contribution in [0.4, 0.5) is 14.5 Å². The number of likely N-dealkylation sites (N-methyl/N-ethyl adjacent to an activating group) is 2. The summed E-state index contributed by atoms with van der Waals surface area (Å²) in [6.45, 7) is -2.18. The molecule has 0 aliphatic rings. The Morgan fingerprint density at radius 2 is 1.67 bits per heavy atom. The number of carbonyl (C=O) groups excluding carboxylic acids is 1. The molecule has 1 amide bonds. The van der Waals surface area contributed by atoms with Crippen molar-refractivity contribution in [3.8, 4) is 5.75 Å². The van der Waals surface area contributed by atoms with Crippen LogP contribution in [-0.4, -0.2) is 38.1 Å². The summed E-state index contributed by atoms with van der Waals surface area (Å²) in [6.07, 6.45) is 0. The fraction of sp³-hybridized carbons (Fsp3) is 0.278. The van der Waals surface area contributed by atoms with E-state index in [1.165, 1.54) is 12.1 Å². The number of rotatable bonds is 7. The Kier molecular flexibility index (Phi) is 6.12. The van der Waals surface area contributed by atoms with Crippen molar-refractivity contribution in [1.29, 1.82) is 0 Å². The van der Waals surface area contributed by atoms with E-state index in [-0.39, 0.29) is 18.2 Å². The number of alkyl halides is 2. The highest BCUT2D eigenvalue weighted by Crippen LogP contribution is 2.16. The lowest BCUT2D eigenvalue weighted by Gasteiger charge is -2.23. The summed E-state index contributed by atoms with van der Waals surface area (Å²) >= 11 is 0. The lowest BCUT2D eigenvalue weighted by molar-refractivity contribution is -0.128. The minimum atomic E-state index is -2.84. The monoisotopic (exact) mass is 334 g/mol. The van der Waals surface area contributed by atoms with E-state index in [0.29, 0.717) is 6.54 Å². The van der Waals surface area contributed by atoms with Crippen LogP contribution in [-0.2, 0) is 11.3 Å². The van der Waals surface area contributed by atoms with Crippen molar-refractivity contribution in [2.75, 3.05) is 25.5 Å². The Hall–Kier alpha value is -2.63. The van der Waals surface area contributed by atoms with E-state index in [0.717, 1.165) is 11.3 Å². The van der Waals surface area contributed by atoms with Crippen LogP contribution in [0, 0.1) is 0 Å². The molecule has 0 spiro atoms. The van der Waals surface area contributed by atoms with Crippen molar-refractivity contribution in [3.05, 3.63) is 60.2 Å². The molecule has 0 unspecified atom stereocenters. The molecule has 0 aliphatic heterocycles. The van der Waals surface area contributed by atoms with E-state index in [1.807, 2.05) is 42.3 Å². The zero-order valence-electron chi connectivity index (χ0n) is 13.7. The first-order chi connectivity index (χ1) is 11.5. The number of para-hydroxylation sites is 1. The van der Waals surface area contributed by atoms with E-state index < -0.39 is 6.61 Å². The first-order valence-electron chi connectivity index (χ1n) is 7.49. The van der Waals surface area contributed by atoms with Gasteiger partial charge in [0.1, 0.15) is 5.75 Å². The Balaban J connectivity index is 1.89. The van der Waals surface area contributed by atoms with Crippen LogP contribution in [0.3, 0.4) is 0 Å². The molecule has 0 aliphatic carbocycles. The SMILES string of the molecule is CN(Cc1ccc(OC(F)F)cc1)C(=O)CN(C)c1ccccc1. The molecule has 128 valence electrons. The molecule has 0 N–H and O–H groups in total. The number of benzene rings is 2. The molecule has 2 rings (SSSR count). The molecule has 0 saturated carbocycles. The second-order valence-electron chi connectivity index (χ2n) is 5.46. The largest absolute Gasteiger partial charge is 0.435 e. The van der Waals surface area contributed by atoms with Crippen molar-refractivity contribution < 1.29 is 18.3 Å². The van der Waals surface area contributed by atoms with Gasteiger partial charge < -0.3 is 14.5 Å². The number of anilines is 1. The Morgan fingerprint density at radius 1 is 1.04 bits per heavy atom. The van der Waals surface area contributed by atoms with Gasteiger partial charge in [-0.3, -0.25) is 4.79 Å². The number of hydrogen-bond acceptors (Lipinski definition) is 3. The Labute approximate surface area is 140 Å². The molecule has 0 saturated heterocycles. The maximum Gasteiger partial charge on any atom is 0.387 e. The van der Waals surface area contributed by atoms with Gasteiger partial charge in [-0.2, -0.15) is 8.78 Å². The molecule has 0 atom stereocenters. The summed E-state index contributed by atoms with van der Waals surface area (Å²) in [6, 6.07) is 15.9. The van der Waals surface area contributed by atoms with Gasteiger partial charge in [0.2, 0.25) is 5.91 Å². The van der Waals surface area contributed by atoms with Crippen LogP contribution in [0.2, 0.25) is 0 Å². The maximum atomic E-state index is 12.3. The molecule has 2 aromatic carbocycles. The highest BCUT2D eigenvalue weighted by Gasteiger charge is 2.13. The summed E-state index contributed by atoms with van der Waals surface area (Å²) < 4.78 is 28.5. The third-order valence-corrected chi connectivity index (χ3v) is 3.56. The van der Waals surface area contributed by atoms with Crippen LogP contribution in [0.15, 0.2) is 54.6 Å². The highest BCUT2D eigenvalue weighted by molar-refractivity contribution is 5.81. The summed E-state index contributed by atoms with van der Waals surface area (Å²) in [4.78, 5) is 15.8. The van der Waals surface area contributed by atoms with E-state index in [4.69, 9.17) is 0 Å². The van der Waals surface area contributed by atoms with E-state index in [2.05, 4.69) is 4.74 Å². The average molecular weight is 334 g/mol. The first kappa shape index (κ1) is 17.7. The standard InChI is InChI=1S/C18H20F2N2O2/c1-21(15-6-4-3-5-7-15)13-17(23)22(2)12-14-8-10-16(11-9-14)24-18(19)20/h3-11,18H,12-13H2,1-2H3. The Morgan fingerprint density at radius 3 is 2.25 bits per heavy atom. The maximum absolute atomic E-state index is 12.3. The minimum Gasteiger partial charge on any atom is -0.435 e. The number of amides is 1. The number of hydrogen-bond donors (Lipinski definition) is 0. The molecule has 6 heteroatoms. The molecule has 0 bridgehead atoms. The van der Waals surface area contributed by atoms with E-state index in [9.17, 15) is 13.6 Å². The van der Waals surface area contributed by atoms with Crippen molar-refractivity contribution in [3.63, 3.8) is 0 Å². The second-order valence-corrected chi connectivity index (χ2v) is 5.46. The second kappa shape index (κ2) is 8.29. The molecule has 2 aromatic rings. The average Bonchev–Trinajstić information content (AvgIpc) is 2.56. The molecule has 0 fully saturated rings. The van der Waals surface area contributed by atoms with Gasteiger partial charge in [-0.1, -0.05) is 30.3 Å². The normalized spacial score (nSPS) is 10.5. The zero-order valence-corrected chi connectivity index (χ0v) is 13.7. The van der Waals surface area contributed by atoms with Gasteiger partial charge in [0.25, 0.3) is 0 Å². The number of nitrogens with zero attached hydrogens (tertiary/aromatic N) is 2. The topological polar surface area (TPSA) is 32.8 Å². The molecular formula is C18H20F2N2O2. The van der Waals surface area contributed by atoms with Crippen LogP contribution < -0.4 is 9.64 Å². The summed E-state index contributed by atoms with van der Waals surface area (Å²) in [5.41, 5.74) is 1.81. The number of ether oxygens (including phenoxy) is 1. The van der Waals surface area contributed by atoms with Gasteiger partial charge in [0.15, 0.2) is 0 Å². The predicted octanol–water partition coefficient (Wildman–Crippen LogP) is 3.38. The van der Waals surface area contributed by atoms with Crippen molar-refractivity contribution in [1.82, 2.24) is 4.90 Å². The lowest BCUT2D eigenvalue weighted by Crippen LogP contribution is -2.36. The molecular weight excluding hydrogens is 314 g/mol. The quantitative estimate of drug-likeness (QED) is 0.778. The Bertz CT molecular complexity index is 648. The van der Waals surface area contributed by atoms with Gasteiger partial charge in [-0.15, -0.1) is 0 Å². The molecule has 24 heavy (non-hydrogen) atoms. The predicted molar refractivity (Wildman–Crippen MR) is 89.3 cm³/mol. The van der Waals surface area contributed by atoms with Crippen molar-refractivity contribution in [2.24, 2.45) is 0 Å². The van der Waals surface area contributed by atoms with Crippen LogP contribution in [0.1, 0.15) is 5.56 Å². The van der Waals surface area contributed by atoms with E-state index >= 15 is 0 Å². The van der Waals surface area contributed by atoms with Crippen LogP contribution in [0.5, 0.6) is 5.75 Å². The minimum absolute atomic E-state index is 0.0331. The first-order valence-corrected chi connectivity index (χ1v) is 7.49. The third-order valence-electron chi connectivity index (χ3n) is 3.56. The van der Waals surface area contributed by atoms with Crippen LogP contribution in [0.25, 0.3) is 0 Å². The van der Waals surface area contributed by atoms with Gasteiger partial charge in [-0.25, -0.2) is 0 Å². The van der Waals surface area contributed by atoms with Gasteiger partial charge in [0, 0.05) is 26.3 Å². The van der Waals surface area contributed by atoms with Crippen molar-refractivity contribution >= 4 is 11.6 Å². The van der Waals surface area contributed by atoms with Crippen molar-refractivity contribution in [2.45, 2.75) is 13.2 Å². The highest BCUT2D eigenvalue weighted by atomic mass is 19.3. The van der Waals surface area contributed by atoms with E-state index in [1.54, 1.807) is 24.1 Å². The van der Waals surface area contributed by atoms with Crippen LogP contribution >= 0.6 is 0 Å².